The van der Waals surface area contributed by atoms with E-state index in [1.165, 1.54) is 12.1 Å². The van der Waals surface area contributed by atoms with Crippen LogP contribution in [0.3, 0.4) is 0 Å². The Labute approximate surface area is 166 Å². The van der Waals surface area contributed by atoms with Crippen LogP contribution in [0.4, 0.5) is 0 Å². The number of amides is 1. The Balaban J connectivity index is 1.93. The molecule has 0 radical (unpaired) electrons. The summed E-state index contributed by atoms with van der Waals surface area (Å²) in [5.41, 5.74) is 4.03. The van der Waals surface area contributed by atoms with E-state index in [-0.39, 0.29) is 10.3 Å². The van der Waals surface area contributed by atoms with Crippen LogP contribution >= 0.6 is 0 Å². The lowest BCUT2D eigenvalue weighted by Gasteiger charge is -2.19. The van der Waals surface area contributed by atoms with Gasteiger partial charge in [-0.15, -0.1) is 0 Å². The number of sulfonamides is 1. The lowest BCUT2D eigenvalue weighted by Crippen LogP contribution is -2.30. The standard InChI is InChI=1S/C22H26N2O3S/c1-6-19-14(2)17-8-7-9-18(20(17)23-19)21(25)24-28(26,27)16-12-10-15(11-13-16)22(3,4)5/h7-13,23H,6H2,1-5H3,(H,24,25). The number of hydrogen-bond acceptors (Lipinski definition) is 3. The number of carbonyl (C=O) groups excluding carboxylic acids is 1. The van der Waals surface area contributed by atoms with Crippen molar-refractivity contribution in [1.82, 2.24) is 9.71 Å². The molecule has 0 fully saturated rings. The van der Waals surface area contributed by atoms with E-state index in [4.69, 9.17) is 0 Å². The van der Waals surface area contributed by atoms with Gasteiger partial charge < -0.3 is 4.98 Å². The van der Waals surface area contributed by atoms with Gasteiger partial charge in [0.15, 0.2) is 0 Å². The largest absolute Gasteiger partial charge is 0.358 e. The molecule has 0 aliphatic carbocycles. The molecule has 2 N–H and O–H groups in total. The molecule has 3 rings (SSSR count). The van der Waals surface area contributed by atoms with Crippen molar-refractivity contribution in [1.29, 1.82) is 0 Å². The molecule has 5 nitrogen and oxygen atoms in total. The van der Waals surface area contributed by atoms with Crippen molar-refractivity contribution in [3.8, 4) is 0 Å². The second kappa shape index (κ2) is 7.09. The van der Waals surface area contributed by atoms with Crippen LogP contribution in [0.1, 0.15) is 54.9 Å². The third-order valence-corrected chi connectivity index (χ3v) is 6.40. The molecule has 1 amide bonds. The highest BCUT2D eigenvalue weighted by atomic mass is 32.2. The highest BCUT2D eigenvalue weighted by molar-refractivity contribution is 7.90. The first-order valence-corrected chi connectivity index (χ1v) is 10.8. The number of carbonyl (C=O) groups is 1. The van der Waals surface area contributed by atoms with Crippen LogP contribution in [0.25, 0.3) is 10.9 Å². The Morgan fingerprint density at radius 2 is 1.71 bits per heavy atom. The summed E-state index contributed by atoms with van der Waals surface area (Å²) >= 11 is 0. The molecule has 0 bridgehead atoms. The number of para-hydroxylation sites is 1. The van der Waals surface area contributed by atoms with Crippen LogP contribution in [-0.2, 0) is 21.9 Å². The second-order valence-electron chi connectivity index (χ2n) is 8.02. The van der Waals surface area contributed by atoms with Crippen molar-refractivity contribution in [3.05, 3.63) is 64.8 Å². The molecule has 0 saturated carbocycles. The van der Waals surface area contributed by atoms with Crippen LogP contribution in [0, 0.1) is 6.92 Å². The van der Waals surface area contributed by atoms with E-state index < -0.39 is 15.9 Å². The number of hydrogen-bond donors (Lipinski definition) is 2. The minimum absolute atomic E-state index is 0.0675. The maximum Gasteiger partial charge on any atom is 0.267 e. The number of benzene rings is 2. The van der Waals surface area contributed by atoms with Gasteiger partial charge in [0, 0.05) is 11.1 Å². The molecule has 0 aliphatic rings. The van der Waals surface area contributed by atoms with Crippen molar-refractivity contribution in [2.45, 2.75) is 51.3 Å². The molecule has 3 aromatic rings. The summed E-state index contributed by atoms with van der Waals surface area (Å²) in [6, 6.07) is 11.9. The van der Waals surface area contributed by atoms with E-state index in [9.17, 15) is 13.2 Å². The van der Waals surface area contributed by atoms with Gasteiger partial charge in [-0.25, -0.2) is 13.1 Å². The van der Waals surface area contributed by atoms with Crippen molar-refractivity contribution in [2.24, 2.45) is 0 Å². The highest BCUT2D eigenvalue weighted by Gasteiger charge is 2.22. The fraction of sp³-hybridized carbons (Fsp3) is 0.318. The molecule has 1 aromatic heterocycles. The highest BCUT2D eigenvalue weighted by Crippen LogP contribution is 2.26. The minimum Gasteiger partial charge on any atom is -0.358 e. The maximum absolute atomic E-state index is 12.8. The molecular formula is C22H26N2O3S. The van der Waals surface area contributed by atoms with E-state index in [1.54, 1.807) is 24.3 Å². The molecule has 28 heavy (non-hydrogen) atoms. The van der Waals surface area contributed by atoms with Crippen LogP contribution in [-0.4, -0.2) is 19.3 Å². The third-order valence-electron chi connectivity index (χ3n) is 5.05. The molecule has 0 unspecified atom stereocenters. The average molecular weight is 399 g/mol. The molecule has 1 heterocycles. The molecule has 0 saturated heterocycles. The zero-order valence-electron chi connectivity index (χ0n) is 16.9. The van der Waals surface area contributed by atoms with E-state index in [1.807, 2.05) is 19.9 Å². The number of fused-ring (bicyclic) bond motifs is 1. The smallest absolute Gasteiger partial charge is 0.267 e. The van der Waals surface area contributed by atoms with Crippen LogP contribution in [0.15, 0.2) is 47.4 Å². The average Bonchev–Trinajstić information content (AvgIpc) is 2.97. The van der Waals surface area contributed by atoms with Gasteiger partial charge in [0.1, 0.15) is 0 Å². The second-order valence-corrected chi connectivity index (χ2v) is 9.70. The Bertz CT molecular complexity index is 1130. The quantitative estimate of drug-likeness (QED) is 0.681. The lowest BCUT2D eigenvalue weighted by atomic mass is 9.87. The maximum atomic E-state index is 12.8. The van der Waals surface area contributed by atoms with Gasteiger partial charge in [0.05, 0.1) is 16.0 Å². The van der Waals surface area contributed by atoms with E-state index in [0.717, 1.165) is 28.6 Å². The molecule has 148 valence electrons. The summed E-state index contributed by atoms with van der Waals surface area (Å²) in [5.74, 6) is -0.644. The number of nitrogens with one attached hydrogen (secondary N) is 2. The third kappa shape index (κ3) is 3.69. The first-order valence-electron chi connectivity index (χ1n) is 9.32. The molecule has 0 spiro atoms. The number of aryl methyl sites for hydroxylation is 2. The first kappa shape index (κ1) is 20.1. The minimum atomic E-state index is -3.96. The summed E-state index contributed by atoms with van der Waals surface area (Å²) in [6.45, 7) is 10.2. The van der Waals surface area contributed by atoms with Gasteiger partial charge in [-0.3, -0.25) is 4.79 Å². The molecule has 6 heteroatoms. The Morgan fingerprint density at radius 3 is 2.29 bits per heavy atom. The van der Waals surface area contributed by atoms with Crippen LogP contribution in [0.2, 0.25) is 0 Å². The molecule has 2 aromatic carbocycles. The predicted octanol–water partition coefficient (Wildman–Crippen LogP) is 4.45. The summed E-state index contributed by atoms with van der Waals surface area (Å²) in [5, 5.41) is 0.927. The summed E-state index contributed by atoms with van der Waals surface area (Å²) < 4.78 is 27.6. The molecule has 0 atom stereocenters. The van der Waals surface area contributed by atoms with Gasteiger partial charge in [0.2, 0.25) is 0 Å². The van der Waals surface area contributed by atoms with Crippen molar-refractivity contribution < 1.29 is 13.2 Å². The van der Waals surface area contributed by atoms with Gasteiger partial charge >= 0.3 is 0 Å². The number of aromatic nitrogens is 1. The van der Waals surface area contributed by atoms with Crippen LogP contribution < -0.4 is 4.72 Å². The molecule has 0 aliphatic heterocycles. The SMILES string of the molecule is CCc1[nH]c2c(C(=O)NS(=O)(=O)c3ccc(C(C)(C)C)cc3)cccc2c1C. The van der Waals surface area contributed by atoms with Gasteiger partial charge in [-0.1, -0.05) is 52.0 Å². The fourth-order valence-corrected chi connectivity index (χ4v) is 4.29. The first-order chi connectivity index (χ1) is 13.0. The number of aromatic amines is 1. The Hall–Kier alpha value is -2.60. The zero-order chi connectivity index (χ0) is 20.7. The van der Waals surface area contributed by atoms with Gasteiger partial charge in [-0.05, 0) is 48.1 Å². The van der Waals surface area contributed by atoms with E-state index >= 15 is 0 Å². The van der Waals surface area contributed by atoms with Crippen molar-refractivity contribution in [3.63, 3.8) is 0 Å². The van der Waals surface area contributed by atoms with E-state index in [2.05, 4.69) is 30.5 Å². The predicted molar refractivity (Wildman–Crippen MR) is 112 cm³/mol. The van der Waals surface area contributed by atoms with Crippen molar-refractivity contribution >= 4 is 26.8 Å². The Morgan fingerprint density at radius 1 is 1.07 bits per heavy atom. The number of rotatable bonds is 4. The topological polar surface area (TPSA) is 79.0 Å². The summed E-state index contributed by atoms with van der Waals surface area (Å²) in [7, 11) is -3.96. The summed E-state index contributed by atoms with van der Waals surface area (Å²) in [6.07, 6.45) is 0.806. The fourth-order valence-electron chi connectivity index (χ4n) is 3.32. The molecular weight excluding hydrogens is 372 g/mol. The normalized spacial score (nSPS) is 12.3. The van der Waals surface area contributed by atoms with Gasteiger partial charge in [0.25, 0.3) is 15.9 Å². The lowest BCUT2D eigenvalue weighted by molar-refractivity contribution is 0.0983. The summed E-state index contributed by atoms with van der Waals surface area (Å²) in [4.78, 5) is 16.1. The number of H-pyrrole nitrogens is 1. The monoisotopic (exact) mass is 398 g/mol. The Kier molecular flexibility index (Phi) is 5.10. The van der Waals surface area contributed by atoms with Crippen LogP contribution in [0.5, 0.6) is 0 Å². The van der Waals surface area contributed by atoms with E-state index in [0.29, 0.717) is 11.1 Å². The van der Waals surface area contributed by atoms with Gasteiger partial charge in [-0.2, -0.15) is 0 Å². The van der Waals surface area contributed by atoms with Crippen molar-refractivity contribution in [2.75, 3.05) is 0 Å². The zero-order valence-corrected chi connectivity index (χ0v) is 17.7.